The molecular weight excluding hydrogens is 362 g/mol. The van der Waals surface area contributed by atoms with E-state index in [4.69, 9.17) is 11.6 Å². The zero-order valence-corrected chi connectivity index (χ0v) is 15.6. The first kappa shape index (κ1) is 19.2. The van der Waals surface area contributed by atoms with Crippen molar-refractivity contribution < 1.29 is 18.1 Å². The molecule has 2 aromatic rings. The fraction of sp³-hybridized carbons (Fsp3) is 0.235. The lowest BCUT2D eigenvalue weighted by atomic mass is 10.2. The fourth-order valence-electron chi connectivity index (χ4n) is 2.03. The molecule has 0 aliphatic carbocycles. The van der Waals surface area contributed by atoms with Gasteiger partial charge in [-0.05, 0) is 24.3 Å². The number of likely N-dealkylation sites (N-methyl/N-ethyl adjacent to an activating group) is 1. The molecule has 134 valence electrons. The van der Waals surface area contributed by atoms with Gasteiger partial charge in [0.25, 0.3) is 5.91 Å². The molecule has 1 amide bonds. The summed E-state index contributed by atoms with van der Waals surface area (Å²) in [5.74, 6) is -0.323. The van der Waals surface area contributed by atoms with Crippen LogP contribution in [0.3, 0.4) is 0 Å². The van der Waals surface area contributed by atoms with Crippen LogP contribution in [-0.4, -0.2) is 41.5 Å². The van der Waals surface area contributed by atoms with Crippen LogP contribution in [0.4, 0.5) is 5.69 Å². The van der Waals surface area contributed by atoms with Gasteiger partial charge in [-0.1, -0.05) is 35.9 Å². The van der Waals surface area contributed by atoms with Crippen molar-refractivity contribution in [3.63, 3.8) is 0 Å². The largest absolute Gasteiger partial charge is 0.572 e. The van der Waals surface area contributed by atoms with Crippen molar-refractivity contribution in [1.82, 2.24) is 5.32 Å². The van der Waals surface area contributed by atoms with E-state index in [1.54, 1.807) is 24.3 Å². The van der Waals surface area contributed by atoms with Crippen molar-refractivity contribution in [2.75, 3.05) is 27.2 Å². The van der Waals surface area contributed by atoms with Gasteiger partial charge in [-0.3, -0.25) is 4.79 Å². The molecule has 0 aliphatic rings. The molecule has 0 radical (unpaired) electrons. The molecule has 0 atom stereocenters. The van der Waals surface area contributed by atoms with Gasteiger partial charge in [0.15, 0.2) is 0 Å². The first-order chi connectivity index (χ1) is 11.8. The molecular formula is C17H20ClN3O3S. The first-order valence-corrected chi connectivity index (χ1v) is 9.51. The number of nitrogens with zero attached hydrogens (tertiary/aromatic N) is 1. The summed E-state index contributed by atoms with van der Waals surface area (Å²) in [6, 6.07) is 12.2. The summed E-state index contributed by atoms with van der Waals surface area (Å²) in [5.41, 5.74) is 0.428. The SMILES string of the molecule is C[NH+](C)CCNC(=O)c1cccc(S(=O)(=O)[N-]c2ccccc2Cl)c1. The standard InChI is InChI=1S/C17H19ClN3O3S/c1-21(2)11-10-19-17(22)13-6-5-7-14(12-13)25(23,24)20-16-9-4-3-8-15(16)18/h3-9,12H,10-11H2,1-2H3,(H,19,22)/q-1/p+1. The predicted octanol–water partition coefficient (Wildman–Crippen LogP) is 1.61. The fourth-order valence-corrected chi connectivity index (χ4v) is 3.31. The van der Waals surface area contributed by atoms with Crippen LogP contribution in [0.1, 0.15) is 10.4 Å². The highest BCUT2D eigenvalue weighted by Gasteiger charge is 2.11. The summed E-state index contributed by atoms with van der Waals surface area (Å²) < 4.78 is 28.7. The number of nitrogens with one attached hydrogen (secondary N) is 2. The Balaban J connectivity index is 2.17. The lowest BCUT2D eigenvalue weighted by Crippen LogP contribution is -3.06. The van der Waals surface area contributed by atoms with Crippen LogP contribution < -0.4 is 10.2 Å². The van der Waals surface area contributed by atoms with Crippen molar-refractivity contribution in [2.24, 2.45) is 0 Å². The molecule has 0 saturated heterocycles. The van der Waals surface area contributed by atoms with E-state index in [9.17, 15) is 13.2 Å². The summed E-state index contributed by atoms with van der Waals surface area (Å²) in [6.45, 7) is 1.27. The number of amides is 1. The molecule has 0 bridgehead atoms. The number of hydrogen-bond acceptors (Lipinski definition) is 3. The number of carbonyl (C=O) groups is 1. The van der Waals surface area contributed by atoms with Crippen LogP contribution in [0.5, 0.6) is 0 Å². The average Bonchev–Trinajstić information content (AvgIpc) is 2.56. The third-order valence-corrected chi connectivity index (χ3v) is 4.98. The Morgan fingerprint density at radius 1 is 1.16 bits per heavy atom. The van der Waals surface area contributed by atoms with Crippen molar-refractivity contribution in [1.29, 1.82) is 0 Å². The maximum atomic E-state index is 12.5. The minimum Gasteiger partial charge on any atom is -0.572 e. The van der Waals surface area contributed by atoms with E-state index in [1.165, 1.54) is 29.2 Å². The highest BCUT2D eigenvalue weighted by molar-refractivity contribution is 7.94. The molecule has 0 heterocycles. The second-order valence-electron chi connectivity index (χ2n) is 5.76. The summed E-state index contributed by atoms with van der Waals surface area (Å²) in [5, 5.41) is 3.00. The Labute approximate surface area is 152 Å². The predicted molar refractivity (Wildman–Crippen MR) is 98.1 cm³/mol. The highest BCUT2D eigenvalue weighted by atomic mass is 35.5. The van der Waals surface area contributed by atoms with E-state index in [0.29, 0.717) is 6.54 Å². The van der Waals surface area contributed by atoms with Gasteiger partial charge >= 0.3 is 0 Å². The van der Waals surface area contributed by atoms with Crippen LogP contribution >= 0.6 is 11.6 Å². The zero-order valence-electron chi connectivity index (χ0n) is 14.0. The second kappa shape index (κ2) is 8.33. The molecule has 2 rings (SSSR count). The summed E-state index contributed by atoms with van der Waals surface area (Å²) in [6.07, 6.45) is 0. The number of quaternary nitrogens is 1. The quantitative estimate of drug-likeness (QED) is 0.764. The monoisotopic (exact) mass is 381 g/mol. The van der Waals surface area contributed by atoms with E-state index >= 15 is 0 Å². The van der Waals surface area contributed by atoms with Crippen molar-refractivity contribution in [2.45, 2.75) is 4.90 Å². The maximum Gasteiger partial charge on any atom is 0.251 e. The average molecular weight is 382 g/mol. The molecule has 0 spiro atoms. The van der Waals surface area contributed by atoms with Gasteiger partial charge in [-0.25, -0.2) is 8.42 Å². The Bertz CT molecular complexity index is 854. The number of hydrogen-bond donors (Lipinski definition) is 2. The third kappa shape index (κ3) is 5.45. The third-order valence-electron chi connectivity index (χ3n) is 3.38. The molecule has 8 heteroatoms. The van der Waals surface area contributed by atoms with Crippen LogP contribution in [0, 0.1) is 0 Å². The second-order valence-corrected chi connectivity index (χ2v) is 7.77. The summed E-state index contributed by atoms with van der Waals surface area (Å²) in [4.78, 5) is 13.3. The van der Waals surface area contributed by atoms with Gasteiger partial charge in [-0.2, -0.15) is 0 Å². The number of carbonyl (C=O) groups excluding carboxylic acids is 1. The molecule has 0 unspecified atom stereocenters. The van der Waals surface area contributed by atoms with E-state index in [0.717, 1.165) is 6.54 Å². The Hall–Kier alpha value is -2.09. The van der Waals surface area contributed by atoms with Gasteiger partial charge in [0, 0.05) is 10.6 Å². The van der Waals surface area contributed by atoms with Crippen molar-refractivity contribution in [3.8, 4) is 0 Å². The summed E-state index contributed by atoms with van der Waals surface area (Å²) in [7, 11) is -0.00592. The Kier molecular flexibility index (Phi) is 6.41. The number of sulfonamides is 1. The van der Waals surface area contributed by atoms with Crippen LogP contribution in [0.25, 0.3) is 4.72 Å². The molecule has 6 nitrogen and oxygen atoms in total. The van der Waals surface area contributed by atoms with Gasteiger partial charge in [0.05, 0.1) is 32.1 Å². The van der Waals surface area contributed by atoms with Gasteiger partial charge < -0.3 is 14.9 Å². The minimum atomic E-state index is -3.97. The number of benzene rings is 2. The van der Waals surface area contributed by atoms with E-state index in [2.05, 4.69) is 10.0 Å². The van der Waals surface area contributed by atoms with Crippen molar-refractivity contribution in [3.05, 3.63) is 63.8 Å². The minimum absolute atomic E-state index is 0.0571. The Morgan fingerprint density at radius 2 is 1.88 bits per heavy atom. The molecule has 0 saturated carbocycles. The zero-order chi connectivity index (χ0) is 18.4. The topological polar surface area (TPSA) is 81.8 Å². The number of halogens is 1. The lowest BCUT2D eigenvalue weighted by molar-refractivity contribution is -0.856. The summed E-state index contributed by atoms with van der Waals surface area (Å²) >= 11 is 5.96. The molecule has 2 aromatic carbocycles. The van der Waals surface area contributed by atoms with Crippen LogP contribution in [-0.2, 0) is 10.0 Å². The van der Waals surface area contributed by atoms with Gasteiger partial charge in [0.1, 0.15) is 10.0 Å². The molecule has 0 fully saturated rings. The smallest absolute Gasteiger partial charge is 0.251 e. The molecule has 0 aromatic heterocycles. The normalized spacial score (nSPS) is 11.4. The van der Waals surface area contributed by atoms with Crippen LogP contribution in [0.2, 0.25) is 5.02 Å². The lowest BCUT2D eigenvalue weighted by Gasteiger charge is -2.23. The molecule has 25 heavy (non-hydrogen) atoms. The highest BCUT2D eigenvalue weighted by Crippen LogP contribution is 2.33. The number of rotatable bonds is 7. The molecule has 0 aliphatic heterocycles. The first-order valence-electron chi connectivity index (χ1n) is 7.69. The van der Waals surface area contributed by atoms with E-state index < -0.39 is 10.0 Å². The van der Waals surface area contributed by atoms with Crippen molar-refractivity contribution >= 4 is 33.2 Å². The maximum absolute atomic E-state index is 12.5. The van der Waals surface area contributed by atoms with E-state index in [-0.39, 0.29) is 27.1 Å². The van der Waals surface area contributed by atoms with E-state index in [1.807, 2.05) is 14.1 Å². The molecule has 2 N–H and O–H groups in total. The Morgan fingerprint density at radius 3 is 2.56 bits per heavy atom. The van der Waals surface area contributed by atoms with Crippen LogP contribution in [0.15, 0.2) is 53.4 Å². The van der Waals surface area contributed by atoms with Gasteiger partial charge in [-0.15, -0.1) is 5.69 Å². The van der Waals surface area contributed by atoms with Gasteiger partial charge in [0.2, 0.25) is 0 Å².